The Balaban J connectivity index is 1.82. The van der Waals surface area contributed by atoms with Crippen LogP contribution in [-0.2, 0) is 11.0 Å². The van der Waals surface area contributed by atoms with Gasteiger partial charge in [-0.3, -0.25) is 9.59 Å². The van der Waals surface area contributed by atoms with Crippen molar-refractivity contribution >= 4 is 17.5 Å². The lowest BCUT2D eigenvalue weighted by molar-refractivity contribution is -0.143. The molecule has 0 atom stereocenters. The SMILES string of the molecule is CCCN1C(=O)C2(CCC2)Oc2cc(C(F)(F)F)c(C(=O)N(C(C)C)C3CCCCC3)cc21. The summed E-state index contributed by atoms with van der Waals surface area (Å²) in [4.78, 5) is 30.0. The van der Waals surface area contributed by atoms with E-state index in [1.54, 1.807) is 4.90 Å². The predicted octanol–water partition coefficient (Wildman–Crippen LogP) is 5.95. The molecular weight excluding hydrogens is 433 g/mol. The van der Waals surface area contributed by atoms with Gasteiger partial charge in [-0.15, -0.1) is 0 Å². The molecule has 0 radical (unpaired) electrons. The first-order chi connectivity index (χ1) is 15.6. The van der Waals surface area contributed by atoms with Gasteiger partial charge >= 0.3 is 6.18 Å². The standard InChI is InChI=1S/C25H33F3N2O3/c1-4-13-29-20-14-18(22(31)30(16(2)3)17-9-6-5-7-10-17)19(25(26,27)28)15-21(20)33-24(23(29)32)11-8-12-24/h14-17H,4-13H2,1-3H3. The van der Waals surface area contributed by atoms with Gasteiger partial charge in [0.15, 0.2) is 5.60 Å². The van der Waals surface area contributed by atoms with E-state index in [1.165, 1.54) is 11.0 Å². The monoisotopic (exact) mass is 466 g/mol. The molecule has 5 nitrogen and oxygen atoms in total. The van der Waals surface area contributed by atoms with E-state index in [1.807, 2.05) is 20.8 Å². The van der Waals surface area contributed by atoms with Crippen LogP contribution < -0.4 is 9.64 Å². The van der Waals surface area contributed by atoms with Crippen LogP contribution in [0, 0.1) is 0 Å². The molecule has 1 spiro atoms. The van der Waals surface area contributed by atoms with E-state index in [0.717, 1.165) is 44.6 Å². The Morgan fingerprint density at radius 3 is 2.36 bits per heavy atom. The number of hydrogen-bond acceptors (Lipinski definition) is 3. The Morgan fingerprint density at radius 2 is 1.85 bits per heavy atom. The van der Waals surface area contributed by atoms with Crippen LogP contribution in [0.2, 0.25) is 0 Å². The molecule has 8 heteroatoms. The molecule has 2 amide bonds. The average Bonchev–Trinajstić information content (AvgIpc) is 2.73. The Hall–Kier alpha value is -2.25. The molecule has 3 aliphatic rings. The average molecular weight is 467 g/mol. The number of carbonyl (C=O) groups excluding carboxylic acids is 2. The second-order valence-electron chi connectivity index (χ2n) is 9.87. The molecule has 1 aromatic carbocycles. The van der Waals surface area contributed by atoms with Gasteiger partial charge < -0.3 is 14.5 Å². The van der Waals surface area contributed by atoms with Gasteiger partial charge in [-0.1, -0.05) is 26.2 Å². The highest BCUT2D eigenvalue weighted by atomic mass is 19.4. The molecule has 0 N–H and O–H groups in total. The first-order valence-corrected chi connectivity index (χ1v) is 12.2. The number of nitrogens with zero attached hydrogens (tertiary/aromatic N) is 2. The van der Waals surface area contributed by atoms with E-state index in [0.29, 0.717) is 25.8 Å². The van der Waals surface area contributed by atoms with Crippen molar-refractivity contribution in [2.75, 3.05) is 11.4 Å². The summed E-state index contributed by atoms with van der Waals surface area (Å²) in [7, 11) is 0. The number of carbonyl (C=O) groups is 2. The number of anilines is 1. The van der Waals surface area contributed by atoms with Crippen molar-refractivity contribution in [2.45, 2.75) is 102 Å². The predicted molar refractivity (Wildman–Crippen MR) is 119 cm³/mol. The lowest BCUT2D eigenvalue weighted by Gasteiger charge is -2.47. The van der Waals surface area contributed by atoms with E-state index >= 15 is 0 Å². The van der Waals surface area contributed by atoms with Gasteiger partial charge in [0.05, 0.1) is 16.8 Å². The number of hydrogen-bond donors (Lipinski definition) is 0. The number of alkyl halides is 3. The topological polar surface area (TPSA) is 49.9 Å². The highest BCUT2D eigenvalue weighted by molar-refractivity contribution is 6.05. The number of amides is 2. The number of rotatable bonds is 5. The summed E-state index contributed by atoms with van der Waals surface area (Å²) in [5.41, 5.74) is -2.19. The van der Waals surface area contributed by atoms with Crippen molar-refractivity contribution in [3.05, 3.63) is 23.3 Å². The third-order valence-corrected chi connectivity index (χ3v) is 7.23. The molecule has 33 heavy (non-hydrogen) atoms. The Bertz CT molecular complexity index is 918. The maximum absolute atomic E-state index is 14.2. The summed E-state index contributed by atoms with van der Waals surface area (Å²) in [6.45, 7) is 5.96. The lowest BCUT2D eigenvalue weighted by Crippen LogP contribution is -2.60. The number of halogens is 3. The Kier molecular flexibility index (Phi) is 6.40. The maximum atomic E-state index is 14.2. The van der Waals surface area contributed by atoms with Crippen LogP contribution in [0.5, 0.6) is 5.75 Å². The van der Waals surface area contributed by atoms with Crippen molar-refractivity contribution in [3.63, 3.8) is 0 Å². The first kappa shape index (κ1) is 23.9. The zero-order valence-electron chi connectivity index (χ0n) is 19.6. The molecule has 1 heterocycles. The molecule has 1 aromatic rings. The molecule has 2 fully saturated rings. The molecule has 2 saturated carbocycles. The highest BCUT2D eigenvalue weighted by Gasteiger charge is 2.53. The van der Waals surface area contributed by atoms with Crippen molar-refractivity contribution in [3.8, 4) is 5.75 Å². The van der Waals surface area contributed by atoms with E-state index in [9.17, 15) is 22.8 Å². The molecule has 0 aromatic heterocycles. The molecule has 4 rings (SSSR count). The molecular formula is C25H33F3N2O3. The van der Waals surface area contributed by atoms with Gasteiger partial charge in [-0.2, -0.15) is 13.2 Å². The fourth-order valence-corrected chi connectivity index (χ4v) is 5.46. The van der Waals surface area contributed by atoms with Crippen molar-refractivity contribution in [1.29, 1.82) is 0 Å². The molecule has 0 unspecified atom stereocenters. The van der Waals surface area contributed by atoms with E-state index in [2.05, 4.69) is 0 Å². The van der Waals surface area contributed by atoms with E-state index in [-0.39, 0.29) is 29.4 Å². The molecule has 2 aliphatic carbocycles. The second-order valence-corrected chi connectivity index (χ2v) is 9.87. The first-order valence-electron chi connectivity index (χ1n) is 12.2. The van der Waals surface area contributed by atoms with Crippen molar-refractivity contribution in [2.24, 2.45) is 0 Å². The number of benzene rings is 1. The molecule has 182 valence electrons. The largest absolute Gasteiger partial charge is 0.475 e. The summed E-state index contributed by atoms with van der Waals surface area (Å²) >= 11 is 0. The normalized spacial score (nSPS) is 20.5. The summed E-state index contributed by atoms with van der Waals surface area (Å²) in [6.07, 6.45) is 2.31. The minimum absolute atomic E-state index is 0.0420. The summed E-state index contributed by atoms with van der Waals surface area (Å²) in [5, 5.41) is 0. The second kappa shape index (κ2) is 8.84. The molecule has 0 saturated heterocycles. The summed E-state index contributed by atoms with van der Waals surface area (Å²) < 4.78 is 48.5. The summed E-state index contributed by atoms with van der Waals surface area (Å²) in [5.74, 6) is -0.797. The van der Waals surface area contributed by atoms with Crippen LogP contribution in [0.25, 0.3) is 0 Å². The van der Waals surface area contributed by atoms with Gasteiger partial charge in [0.2, 0.25) is 0 Å². The van der Waals surface area contributed by atoms with Gasteiger partial charge in [0.1, 0.15) is 5.75 Å². The van der Waals surface area contributed by atoms with Crippen molar-refractivity contribution < 1.29 is 27.5 Å². The molecule has 1 aliphatic heterocycles. The molecule has 0 bridgehead atoms. The van der Waals surface area contributed by atoms with Crippen LogP contribution in [0.1, 0.15) is 94.5 Å². The lowest BCUT2D eigenvalue weighted by atomic mass is 9.77. The summed E-state index contributed by atoms with van der Waals surface area (Å²) in [6, 6.07) is 1.88. The zero-order valence-corrected chi connectivity index (χ0v) is 19.6. The fourth-order valence-electron chi connectivity index (χ4n) is 5.46. The quantitative estimate of drug-likeness (QED) is 0.539. The van der Waals surface area contributed by atoms with Gasteiger partial charge in [0.25, 0.3) is 11.8 Å². The van der Waals surface area contributed by atoms with E-state index < -0.39 is 28.8 Å². The third kappa shape index (κ3) is 4.21. The van der Waals surface area contributed by atoms with Crippen LogP contribution in [0.4, 0.5) is 18.9 Å². The van der Waals surface area contributed by atoms with E-state index in [4.69, 9.17) is 4.74 Å². The number of ether oxygens (including phenoxy) is 1. The smallest absolute Gasteiger partial charge is 0.417 e. The zero-order chi connectivity index (χ0) is 24.0. The fraction of sp³-hybridized carbons (Fsp3) is 0.680. The van der Waals surface area contributed by atoms with Gasteiger partial charge in [0, 0.05) is 18.6 Å². The third-order valence-electron chi connectivity index (χ3n) is 7.23. The Morgan fingerprint density at radius 1 is 1.18 bits per heavy atom. The van der Waals surface area contributed by atoms with Crippen LogP contribution in [-0.4, -0.2) is 40.9 Å². The van der Waals surface area contributed by atoms with Gasteiger partial charge in [-0.05, 0) is 64.5 Å². The van der Waals surface area contributed by atoms with Crippen molar-refractivity contribution in [1.82, 2.24) is 4.90 Å². The minimum atomic E-state index is -4.72. The maximum Gasteiger partial charge on any atom is 0.417 e. The van der Waals surface area contributed by atoms with Gasteiger partial charge in [-0.25, -0.2) is 0 Å². The van der Waals surface area contributed by atoms with Crippen LogP contribution in [0.3, 0.4) is 0 Å². The number of fused-ring (bicyclic) bond motifs is 1. The van der Waals surface area contributed by atoms with Crippen LogP contribution >= 0.6 is 0 Å². The minimum Gasteiger partial charge on any atom is -0.475 e. The Labute approximate surface area is 193 Å². The highest BCUT2D eigenvalue weighted by Crippen LogP contribution is 2.49. The van der Waals surface area contributed by atoms with Crippen LogP contribution in [0.15, 0.2) is 12.1 Å².